The molecule has 4 rings (SSSR count). The van der Waals surface area contributed by atoms with Crippen LogP contribution in [0.2, 0.25) is 0 Å². The number of pyridine rings is 2. The number of aliphatic carboxylic acids is 1. The minimum atomic E-state index is -0.883. The molecule has 1 atom stereocenters. The van der Waals surface area contributed by atoms with Crippen molar-refractivity contribution < 1.29 is 15.0 Å². The van der Waals surface area contributed by atoms with Crippen LogP contribution in [-0.2, 0) is 11.2 Å². The number of allylic oxidation sites excluding steroid dienone is 2. The second-order valence-corrected chi connectivity index (χ2v) is 8.33. The number of hydrogen-bond donors (Lipinski definition) is 3. The van der Waals surface area contributed by atoms with Crippen LogP contribution in [0, 0.1) is 5.41 Å². The maximum absolute atomic E-state index is 11.2. The molecule has 34 heavy (non-hydrogen) atoms. The number of fused-ring (bicyclic) bond motifs is 1. The minimum Gasteiger partial charge on any atom is -0.512 e. The van der Waals surface area contributed by atoms with Gasteiger partial charge in [-0.1, -0.05) is 30.3 Å². The van der Waals surface area contributed by atoms with Gasteiger partial charge in [0.15, 0.2) is 0 Å². The molecule has 172 valence electrons. The van der Waals surface area contributed by atoms with E-state index in [-0.39, 0.29) is 23.9 Å². The van der Waals surface area contributed by atoms with Crippen molar-refractivity contribution in [3.8, 4) is 11.1 Å². The van der Waals surface area contributed by atoms with Crippen LogP contribution in [0.25, 0.3) is 27.7 Å². The Bertz CT molecular complexity index is 1420. The fourth-order valence-electron chi connectivity index (χ4n) is 4.28. The molecule has 0 amide bonds. The van der Waals surface area contributed by atoms with Crippen LogP contribution < -0.4 is 0 Å². The number of benzene rings is 1. The van der Waals surface area contributed by atoms with Crippen molar-refractivity contribution in [3.63, 3.8) is 0 Å². The Morgan fingerprint density at radius 2 is 1.88 bits per heavy atom. The summed E-state index contributed by atoms with van der Waals surface area (Å²) in [5, 5.41) is 27.5. The molecule has 0 saturated heterocycles. The molecular weight excluding hydrogens is 428 g/mol. The van der Waals surface area contributed by atoms with E-state index in [4.69, 9.17) is 10.4 Å². The van der Waals surface area contributed by atoms with Crippen molar-refractivity contribution in [2.75, 3.05) is 0 Å². The fourth-order valence-corrected chi connectivity index (χ4v) is 4.28. The van der Waals surface area contributed by atoms with Crippen LogP contribution in [0.1, 0.15) is 43.6 Å². The molecule has 0 spiro atoms. The first-order valence-corrected chi connectivity index (χ1v) is 10.9. The number of carbonyl (C=O) groups is 1. The van der Waals surface area contributed by atoms with Crippen LogP contribution in [0.3, 0.4) is 0 Å². The molecule has 3 aromatic heterocycles. The molecule has 0 aliphatic rings. The van der Waals surface area contributed by atoms with Crippen LogP contribution in [0.4, 0.5) is 0 Å². The van der Waals surface area contributed by atoms with Crippen molar-refractivity contribution in [1.82, 2.24) is 14.5 Å². The molecule has 4 aromatic rings. The van der Waals surface area contributed by atoms with Gasteiger partial charge in [-0.15, -0.1) is 0 Å². The van der Waals surface area contributed by atoms with Crippen LogP contribution in [0.15, 0.2) is 72.9 Å². The first-order valence-electron chi connectivity index (χ1n) is 10.9. The number of aliphatic hydroxyl groups is 1. The number of aliphatic hydroxyl groups excluding tert-OH is 1. The zero-order valence-electron chi connectivity index (χ0n) is 19.3. The van der Waals surface area contributed by atoms with Crippen LogP contribution in [0.5, 0.6) is 0 Å². The second-order valence-electron chi connectivity index (χ2n) is 8.33. The maximum atomic E-state index is 11.2. The minimum absolute atomic E-state index is 0.0586. The quantitative estimate of drug-likeness (QED) is 0.246. The normalized spacial score (nSPS) is 12.9. The van der Waals surface area contributed by atoms with Gasteiger partial charge in [0.2, 0.25) is 0 Å². The molecule has 0 aliphatic heterocycles. The first-order chi connectivity index (χ1) is 16.3. The van der Waals surface area contributed by atoms with Gasteiger partial charge in [0.25, 0.3) is 0 Å². The number of hydrogen-bond acceptors (Lipinski definition) is 5. The van der Waals surface area contributed by atoms with E-state index in [1.165, 1.54) is 0 Å². The highest BCUT2D eigenvalue weighted by Crippen LogP contribution is 2.35. The summed E-state index contributed by atoms with van der Waals surface area (Å²) in [7, 11) is 0. The second kappa shape index (κ2) is 9.31. The number of nitrogens with zero attached hydrogens (tertiary/aromatic N) is 3. The monoisotopic (exact) mass is 454 g/mol. The van der Waals surface area contributed by atoms with Gasteiger partial charge in [-0.2, -0.15) is 0 Å². The maximum Gasteiger partial charge on any atom is 0.307 e. The average Bonchev–Trinajstić information content (AvgIpc) is 3.17. The standard InChI is InChI=1S/C27H26N4O3/c1-16(28)26(18(3)32)21-13-24-27(30-14-21)22(20-8-6-7-19(11-20)12-25(33)34)15-31(24)17(2)23-9-4-5-10-29-23/h4-11,13-15,17,28,32H,12H2,1-3H3,(H,33,34)/b26-18+,28-16?/t17-/m0/s1. The molecule has 0 unspecified atom stereocenters. The van der Waals surface area contributed by atoms with Gasteiger partial charge in [0.1, 0.15) is 0 Å². The largest absolute Gasteiger partial charge is 0.512 e. The molecule has 7 heteroatoms. The number of carboxylic acid groups (broad SMARTS) is 1. The lowest BCUT2D eigenvalue weighted by Crippen LogP contribution is -2.07. The zero-order valence-corrected chi connectivity index (χ0v) is 19.3. The summed E-state index contributed by atoms with van der Waals surface area (Å²) >= 11 is 0. The van der Waals surface area contributed by atoms with Gasteiger partial charge in [-0.3, -0.25) is 14.8 Å². The van der Waals surface area contributed by atoms with Gasteiger partial charge in [-0.25, -0.2) is 0 Å². The Morgan fingerprint density at radius 1 is 1.09 bits per heavy atom. The van der Waals surface area contributed by atoms with Gasteiger partial charge in [-0.05, 0) is 50.1 Å². The Labute approximate surface area is 197 Å². The van der Waals surface area contributed by atoms with E-state index in [0.29, 0.717) is 16.7 Å². The highest BCUT2D eigenvalue weighted by molar-refractivity contribution is 6.22. The topological polar surface area (TPSA) is 112 Å². The Morgan fingerprint density at radius 3 is 2.53 bits per heavy atom. The van der Waals surface area contributed by atoms with Crippen LogP contribution >= 0.6 is 0 Å². The SMILES string of the molecule is CC(=N)/C(=C(/C)O)c1cnc2c(-c3cccc(CC(=O)O)c3)cn([C@@H](C)c3ccccn3)c2c1. The molecule has 3 N–H and O–H groups in total. The van der Waals surface area contributed by atoms with Crippen molar-refractivity contribution in [1.29, 1.82) is 5.41 Å². The lowest BCUT2D eigenvalue weighted by atomic mass is 10.0. The van der Waals surface area contributed by atoms with Crippen molar-refractivity contribution in [2.45, 2.75) is 33.2 Å². The van der Waals surface area contributed by atoms with Gasteiger partial charge < -0.3 is 20.2 Å². The molecule has 3 heterocycles. The van der Waals surface area contributed by atoms with Gasteiger partial charge in [0.05, 0.1) is 34.9 Å². The van der Waals surface area contributed by atoms with E-state index in [0.717, 1.165) is 27.9 Å². The van der Waals surface area contributed by atoms with Crippen LogP contribution in [-0.4, -0.2) is 36.4 Å². The Balaban J connectivity index is 1.95. The molecule has 0 aliphatic carbocycles. The predicted molar refractivity (Wildman–Crippen MR) is 133 cm³/mol. The Hall–Kier alpha value is -4.26. The van der Waals surface area contributed by atoms with Crippen molar-refractivity contribution in [2.24, 2.45) is 0 Å². The highest BCUT2D eigenvalue weighted by Gasteiger charge is 2.20. The summed E-state index contributed by atoms with van der Waals surface area (Å²) in [6.45, 7) is 5.25. The summed E-state index contributed by atoms with van der Waals surface area (Å²) in [5.74, 6) is -0.821. The lowest BCUT2D eigenvalue weighted by Gasteiger charge is -2.15. The summed E-state index contributed by atoms with van der Waals surface area (Å²) in [6.07, 6.45) is 5.37. The highest BCUT2D eigenvalue weighted by atomic mass is 16.4. The molecule has 0 fully saturated rings. The predicted octanol–water partition coefficient (Wildman–Crippen LogP) is 5.66. The van der Waals surface area contributed by atoms with Gasteiger partial charge >= 0.3 is 5.97 Å². The van der Waals surface area contributed by atoms with E-state index in [1.807, 2.05) is 48.7 Å². The van der Waals surface area contributed by atoms with E-state index < -0.39 is 5.97 Å². The van der Waals surface area contributed by atoms with E-state index in [9.17, 15) is 15.0 Å². The van der Waals surface area contributed by atoms with Crippen molar-refractivity contribution in [3.05, 3.63) is 89.7 Å². The van der Waals surface area contributed by atoms with E-state index in [2.05, 4.69) is 16.5 Å². The zero-order chi connectivity index (χ0) is 24.4. The lowest BCUT2D eigenvalue weighted by molar-refractivity contribution is -0.136. The van der Waals surface area contributed by atoms with E-state index in [1.54, 1.807) is 32.3 Å². The molecule has 7 nitrogen and oxygen atoms in total. The third-order valence-electron chi connectivity index (χ3n) is 5.82. The summed E-state index contributed by atoms with van der Waals surface area (Å²) in [5.41, 5.74) is 6.25. The summed E-state index contributed by atoms with van der Waals surface area (Å²) < 4.78 is 2.08. The molecule has 0 saturated carbocycles. The third-order valence-corrected chi connectivity index (χ3v) is 5.82. The molecule has 0 radical (unpaired) electrons. The number of aromatic nitrogens is 3. The third kappa shape index (κ3) is 4.45. The summed E-state index contributed by atoms with van der Waals surface area (Å²) in [4.78, 5) is 20.5. The van der Waals surface area contributed by atoms with Crippen molar-refractivity contribution >= 4 is 28.3 Å². The Kier molecular flexibility index (Phi) is 6.27. The number of rotatable bonds is 7. The van der Waals surface area contributed by atoms with Gasteiger partial charge in [0, 0.05) is 41.0 Å². The number of nitrogens with one attached hydrogen (secondary N) is 1. The molecule has 0 bridgehead atoms. The van der Waals surface area contributed by atoms with E-state index >= 15 is 0 Å². The average molecular weight is 455 g/mol. The molecule has 1 aromatic carbocycles. The smallest absolute Gasteiger partial charge is 0.307 e. The number of carboxylic acids is 1. The first kappa shape index (κ1) is 22.9. The molecular formula is C27H26N4O3. The fraction of sp³-hybridized carbons (Fsp3) is 0.185. The summed E-state index contributed by atoms with van der Waals surface area (Å²) in [6, 6.07) is 15.1.